The van der Waals surface area contributed by atoms with Crippen molar-refractivity contribution in [2.75, 3.05) is 13.7 Å². The lowest BCUT2D eigenvalue weighted by Gasteiger charge is -2.05. The Morgan fingerprint density at radius 1 is 1.43 bits per heavy atom. The number of hydrogen-bond acceptors (Lipinski definition) is 4. The van der Waals surface area contributed by atoms with E-state index in [1.54, 1.807) is 6.92 Å². The number of carbonyl (C=O) groups is 2. The van der Waals surface area contributed by atoms with Gasteiger partial charge in [0, 0.05) is 6.54 Å². The molecule has 0 heterocycles. The van der Waals surface area contributed by atoms with Crippen LogP contribution in [-0.2, 0) is 14.3 Å². The first-order chi connectivity index (χ1) is 6.57. The van der Waals surface area contributed by atoms with Gasteiger partial charge in [-0.3, -0.25) is 9.59 Å². The van der Waals surface area contributed by atoms with Gasteiger partial charge in [0.05, 0.1) is 18.8 Å². The molecular weight excluding hydrogens is 202 g/mol. The highest BCUT2D eigenvalue weighted by Gasteiger charge is 2.07. The molecule has 0 bridgehead atoms. The molecule has 0 aromatic heterocycles. The van der Waals surface area contributed by atoms with E-state index in [0.717, 1.165) is 0 Å². The lowest BCUT2D eigenvalue weighted by molar-refractivity contribution is -0.140. The average molecular weight is 221 g/mol. The number of amides is 1. The van der Waals surface area contributed by atoms with Crippen LogP contribution in [0.3, 0.4) is 0 Å². The van der Waals surface area contributed by atoms with Crippen molar-refractivity contribution < 1.29 is 14.3 Å². The first-order valence-corrected chi connectivity index (χ1v) is 5.12. The lowest BCUT2D eigenvalue weighted by Crippen LogP contribution is -2.31. The molecule has 0 saturated carbocycles. The summed E-state index contributed by atoms with van der Waals surface area (Å²) in [6.07, 6.45) is 0.197. The largest absolute Gasteiger partial charge is 0.469 e. The summed E-state index contributed by atoms with van der Waals surface area (Å²) in [7, 11) is 1.31. The molecule has 1 unspecified atom stereocenters. The summed E-state index contributed by atoms with van der Waals surface area (Å²) < 4.78 is 4.38. The van der Waals surface area contributed by atoms with Gasteiger partial charge in [0.2, 0.25) is 5.91 Å². The fourth-order valence-corrected chi connectivity index (χ4v) is 0.629. The third-order valence-electron chi connectivity index (χ3n) is 1.24. The minimum atomic E-state index is -0.345. The molecule has 1 N–H and O–H groups in total. The van der Waals surface area contributed by atoms with Crippen molar-refractivity contribution in [1.82, 2.24) is 5.32 Å². The normalized spacial score (nSPS) is 10.6. The Balaban J connectivity index is 0. The highest BCUT2D eigenvalue weighted by atomic mass is 32.1. The molecule has 0 aromatic rings. The molecule has 4 nitrogen and oxygen atoms in total. The fourth-order valence-electron chi connectivity index (χ4n) is 0.538. The number of hydrogen-bond donors (Lipinski definition) is 2. The molecule has 0 fully saturated rings. The molecule has 0 saturated heterocycles. The Kier molecular flexibility index (Phi) is 11.7. The van der Waals surface area contributed by atoms with Crippen molar-refractivity contribution >= 4 is 24.5 Å². The van der Waals surface area contributed by atoms with Gasteiger partial charge in [-0.05, 0) is 6.92 Å². The van der Waals surface area contributed by atoms with Gasteiger partial charge in [-0.2, -0.15) is 12.6 Å². The Bertz CT molecular complexity index is 171. The van der Waals surface area contributed by atoms with Gasteiger partial charge in [-0.1, -0.05) is 13.8 Å². The lowest BCUT2D eigenvalue weighted by atomic mass is 10.4. The van der Waals surface area contributed by atoms with Crippen LogP contribution in [0.4, 0.5) is 0 Å². The molecule has 0 spiro atoms. The van der Waals surface area contributed by atoms with Gasteiger partial charge < -0.3 is 10.1 Å². The molecule has 0 rings (SSSR count). The van der Waals surface area contributed by atoms with Gasteiger partial charge in [-0.25, -0.2) is 0 Å². The van der Waals surface area contributed by atoms with Crippen molar-refractivity contribution in [3.63, 3.8) is 0 Å². The zero-order chi connectivity index (χ0) is 11.6. The van der Waals surface area contributed by atoms with Crippen LogP contribution < -0.4 is 5.32 Å². The van der Waals surface area contributed by atoms with E-state index in [1.807, 2.05) is 13.8 Å². The molecule has 0 aliphatic carbocycles. The summed E-state index contributed by atoms with van der Waals surface area (Å²) in [4.78, 5) is 21.4. The predicted octanol–water partition coefficient (Wildman–Crippen LogP) is 1.01. The maximum atomic E-state index is 10.9. The maximum absolute atomic E-state index is 10.9. The molecule has 14 heavy (non-hydrogen) atoms. The number of carbonyl (C=O) groups excluding carboxylic acids is 2. The van der Waals surface area contributed by atoms with Crippen molar-refractivity contribution in [2.24, 2.45) is 0 Å². The smallest absolute Gasteiger partial charge is 0.307 e. The van der Waals surface area contributed by atoms with Gasteiger partial charge >= 0.3 is 5.97 Å². The van der Waals surface area contributed by atoms with Gasteiger partial charge in [0.25, 0.3) is 0 Å². The number of methoxy groups -OCH3 is 1. The quantitative estimate of drug-likeness (QED) is 0.550. The van der Waals surface area contributed by atoms with Crippen LogP contribution in [0.15, 0.2) is 0 Å². The Hall–Kier alpha value is -0.710. The van der Waals surface area contributed by atoms with Gasteiger partial charge in [-0.15, -0.1) is 0 Å². The maximum Gasteiger partial charge on any atom is 0.307 e. The molecule has 0 aromatic carbocycles. The standard InChI is InChI=1S/C7H13NO3S.C2H6/c1-5(12)7(10)8-4-3-6(9)11-2;1-2/h5,12H,3-4H2,1-2H3,(H,8,10);1-2H3. The van der Waals surface area contributed by atoms with E-state index >= 15 is 0 Å². The molecule has 0 aliphatic rings. The first-order valence-electron chi connectivity index (χ1n) is 4.60. The summed E-state index contributed by atoms with van der Waals surface area (Å²) in [5.41, 5.74) is 0. The summed E-state index contributed by atoms with van der Waals surface area (Å²) in [6.45, 7) is 5.97. The van der Waals surface area contributed by atoms with Crippen molar-refractivity contribution in [2.45, 2.75) is 32.4 Å². The van der Waals surface area contributed by atoms with Crippen LogP contribution in [0.1, 0.15) is 27.2 Å². The fraction of sp³-hybridized carbons (Fsp3) is 0.778. The van der Waals surface area contributed by atoms with E-state index in [-0.39, 0.29) is 23.5 Å². The van der Waals surface area contributed by atoms with Crippen LogP contribution in [-0.4, -0.2) is 30.8 Å². The first kappa shape index (κ1) is 15.7. The van der Waals surface area contributed by atoms with Crippen LogP contribution in [0.2, 0.25) is 0 Å². The number of thiol groups is 1. The van der Waals surface area contributed by atoms with Gasteiger partial charge in [0.15, 0.2) is 0 Å². The molecule has 1 amide bonds. The van der Waals surface area contributed by atoms with Crippen LogP contribution in [0.25, 0.3) is 0 Å². The molecule has 1 atom stereocenters. The molecule has 0 aliphatic heterocycles. The average Bonchev–Trinajstić information content (AvgIpc) is 2.20. The summed E-state index contributed by atoms with van der Waals surface area (Å²) >= 11 is 3.91. The van der Waals surface area contributed by atoms with Crippen LogP contribution >= 0.6 is 12.6 Å². The van der Waals surface area contributed by atoms with E-state index < -0.39 is 0 Å². The second kappa shape index (κ2) is 10.4. The SMILES string of the molecule is CC.COC(=O)CCNC(=O)C(C)S. The van der Waals surface area contributed by atoms with Crippen molar-refractivity contribution in [3.05, 3.63) is 0 Å². The topological polar surface area (TPSA) is 55.4 Å². The number of rotatable bonds is 4. The molecule has 84 valence electrons. The van der Waals surface area contributed by atoms with Gasteiger partial charge in [0.1, 0.15) is 0 Å². The highest BCUT2D eigenvalue weighted by Crippen LogP contribution is 1.91. The van der Waals surface area contributed by atoms with E-state index in [9.17, 15) is 9.59 Å². The second-order valence-corrected chi connectivity index (χ2v) is 3.07. The Morgan fingerprint density at radius 3 is 2.29 bits per heavy atom. The minimum absolute atomic E-state index is 0.178. The molecule has 0 radical (unpaired) electrons. The zero-order valence-corrected chi connectivity index (χ0v) is 10.1. The number of nitrogens with one attached hydrogen (secondary N) is 1. The second-order valence-electron chi connectivity index (χ2n) is 2.29. The Labute approximate surface area is 90.8 Å². The number of ether oxygens (including phenoxy) is 1. The van der Waals surface area contributed by atoms with E-state index in [0.29, 0.717) is 6.54 Å². The third kappa shape index (κ3) is 9.38. The Morgan fingerprint density at radius 2 is 1.93 bits per heavy atom. The van der Waals surface area contributed by atoms with E-state index in [1.165, 1.54) is 7.11 Å². The van der Waals surface area contributed by atoms with Crippen LogP contribution in [0, 0.1) is 0 Å². The molecule has 5 heteroatoms. The highest BCUT2D eigenvalue weighted by molar-refractivity contribution is 7.81. The summed E-state index contributed by atoms with van der Waals surface area (Å²) in [5.74, 6) is -0.510. The minimum Gasteiger partial charge on any atom is -0.469 e. The van der Waals surface area contributed by atoms with Crippen LogP contribution in [0.5, 0.6) is 0 Å². The number of esters is 1. The van der Waals surface area contributed by atoms with E-state index in [4.69, 9.17) is 0 Å². The zero-order valence-electron chi connectivity index (χ0n) is 9.16. The summed E-state index contributed by atoms with van der Waals surface area (Å²) in [5, 5.41) is 2.19. The van der Waals surface area contributed by atoms with Crippen molar-refractivity contribution in [1.29, 1.82) is 0 Å². The third-order valence-corrected chi connectivity index (χ3v) is 1.47. The summed E-state index contributed by atoms with van der Waals surface area (Å²) in [6, 6.07) is 0. The predicted molar refractivity (Wildman–Crippen MR) is 59.4 cm³/mol. The van der Waals surface area contributed by atoms with E-state index in [2.05, 4.69) is 22.7 Å². The van der Waals surface area contributed by atoms with Crippen molar-refractivity contribution in [3.8, 4) is 0 Å². The molecular formula is C9H19NO3S. The monoisotopic (exact) mass is 221 g/mol.